The molecular formula is C10H8FNO2. The molecule has 0 spiro atoms. The van der Waals surface area contributed by atoms with Gasteiger partial charge in [-0.1, -0.05) is 0 Å². The Morgan fingerprint density at radius 3 is 2.86 bits per heavy atom. The van der Waals surface area contributed by atoms with Crippen LogP contribution in [0.1, 0.15) is 10.4 Å². The molecule has 1 heterocycles. The maximum Gasteiger partial charge on any atom is 0.338 e. The number of aryl methyl sites for hydroxylation is 1. The van der Waals surface area contributed by atoms with Crippen LogP contribution in [0.15, 0.2) is 24.4 Å². The Balaban J connectivity index is 2.79. The zero-order valence-corrected chi connectivity index (χ0v) is 7.49. The summed E-state index contributed by atoms with van der Waals surface area (Å²) in [5.41, 5.74) is 0.399. The zero-order valence-electron chi connectivity index (χ0n) is 7.49. The molecule has 1 aromatic carbocycles. The molecule has 3 nitrogen and oxygen atoms in total. The topological polar surface area (TPSA) is 42.2 Å². The highest BCUT2D eigenvalue weighted by atomic mass is 19.1. The van der Waals surface area contributed by atoms with E-state index in [2.05, 4.69) is 0 Å². The zero-order chi connectivity index (χ0) is 10.3. The van der Waals surface area contributed by atoms with Gasteiger partial charge in [-0.3, -0.25) is 0 Å². The lowest BCUT2D eigenvalue weighted by Gasteiger charge is -1.99. The monoisotopic (exact) mass is 193 g/mol. The molecule has 0 radical (unpaired) electrons. The van der Waals surface area contributed by atoms with Gasteiger partial charge in [0.25, 0.3) is 0 Å². The van der Waals surface area contributed by atoms with Gasteiger partial charge in [0, 0.05) is 18.6 Å². The Labute approximate surface area is 79.4 Å². The Morgan fingerprint density at radius 1 is 1.50 bits per heavy atom. The summed E-state index contributed by atoms with van der Waals surface area (Å²) >= 11 is 0. The van der Waals surface area contributed by atoms with Gasteiger partial charge >= 0.3 is 5.97 Å². The molecule has 0 saturated carbocycles. The summed E-state index contributed by atoms with van der Waals surface area (Å²) in [6.45, 7) is 0. The van der Waals surface area contributed by atoms with E-state index in [9.17, 15) is 9.18 Å². The summed E-state index contributed by atoms with van der Waals surface area (Å²) in [7, 11) is 1.78. The number of carboxylic acids is 1. The highest BCUT2D eigenvalue weighted by Crippen LogP contribution is 2.19. The second-order valence-electron chi connectivity index (χ2n) is 3.12. The first kappa shape index (κ1) is 8.74. The average molecular weight is 193 g/mol. The summed E-state index contributed by atoms with van der Waals surface area (Å²) in [6.07, 6.45) is 1.76. The summed E-state index contributed by atoms with van der Waals surface area (Å²) in [5, 5.41) is 9.41. The van der Waals surface area contributed by atoms with E-state index in [0.29, 0.717) is 5.52 Å². The van der Waals surface area contributed by atoms with Crippen molar-refractivity contribution in [2.75, 3.05) is 0 Å². The number of halogens is 1. The minimum Gasteiger partial charge on any atom is -0.478 e. The van der Waals surface area contributed by atoms with Gasteiger partial charge in [0.15, 0.2) is 0 Å². The van der Waals surface area contributed by atoms with E-state index in [-0.39, 0.29) is 5.56 Å². The number of rotatable bonds is 1. The van der Waals surface area contributed by atoms with E-state index in [0.717, 1.165) is 5.39 Å². The van der Waals surface area contributed by atoms with Crippen LogP contribution in [0.3, 0.4) is 0 Å². The van der Waals surface area contributed by atoms with Crippen molar-refractivity contribution in [3.05, 3.63) is 35.8 Å². The van der Waals surface area contributed by atoms with Gasteiger partial charge in [-0.25, -0.2) is 9.18 Å². The highest BCUT2D eigenvalue weighted by Gasteiger charge is 2.12. The lowest BCUT2D eigenvalue weighted by atomic mass is 10.1. The van der Waals surface area contributed by atoms with Crippen LogP contribution in [0.25, 0.3) is 10.9 Å². The Kier molecular flexibility index (Phi) is 1.77. The number of aromatic carboxylic acids is 1. The van der Waals surface area contributed by atoms with Crippen molar-refractivity contribution in [3.63, 3.8) is 0 Å². The van der Waals surface area contributed by atoms with Gasteiger partial charge in [0.1, 0.15) is 5.82 Å². The normalized spacial score (nSPS) is 10.7. The third-order valence-electron chi connectivity index (χ3n) is 2.20. The minimum absolute atomic E-state index is 0.288. The average Bonchev–Trinajstić information content (AvgIpc) is 2.46. The highest BCUT2D eigenvalue weighted by molar-refractivity contribution is 5.94. The molecule has 72 valence electrons. The smallest absolute Gasteiger partial charge is 0.338 e. The number of hydrogen-bond acceptors (Lipinski definition) is 1. The van der Waals surface area contributed by atoms with E-state index in [1.165, 1.54) is 12.1 Å². The molecule has 0 unspecified atom stereocenters. The molecule has 2 rings (SSSR count). The van der Waals surface area contributed by atoms with Crippen molar-refractivity contribution < 1.29 is 14.3 Å². The molecule has 0 aliphatic heterocycles. The first-order valence-electron chi connectivity index (χ1n) is 4.07. The van der Waals surface area contributed by atoms with Crippen molar-refractivity contribution >= 4 is 16.9 Å². The first-order valence-corrected chi connectivity index (χ1v) is 4.07. The van der Waals surface area contributed by atoms with Crippen LogP contribution < -0.4 is 0 Å². The standard InChI is InChI=1S/C10H8FNO2/c1-12-3-2-6-4-7(10(13)14)8(11)5-9(6)12/h2-5H,1H3,(H,13,14). The number of nitrogens with zero attached hydrogens (tertiary/aromatic N) is 1. The summed E-state index contributed by atoms with van der Waals surface area (Å²) in [5.74, 6) is -1.94. The quantitative estimate of drug-likeness (QED) is 0.752. The summed E-state index contributed by atoms with van der Waals surface area (Å²) < 4.78 is 15.0. The molecule has 4 heteroatoms. The predicted molar refractivity (Wildman–Crippen MR) is 49.8 cm³/mol. The van der Waals surface area contributed by atoms with E-state index >= 15 is 0 Å². The summed E-state index contributed by atoms with van der Waals surface area (Å²) in [6, 6.07) is 4.33. The van der Waals surface area contributed by atoms with Gasteiger partial charge in [0.2, 0.25) is 0 Å². The number of aromatic nitrogens is 1. The van der Waals surface area contributed by atoms with Gasteiger partial charge < -0.3 is 9.67 Å². The summed E-state index contributed by atoms with van der Waals surface area (Å²) in [4.78, 5) is 10.6. The van der Waals surface area contributed by atoms with Crippen molar-refractivity contribution in [1.29, 1.82) is 0 Å². The first-order chi connectivity index (χ1) is 6.59. The molecule has 0 saturated heterocycles. The fourth-order valence-electron chi connectivity index (χ4n) is 1.45. The lowest BCUT2D eigenvalue weighted by Crippen LogP contribution is -2.00. The Bertz CT molecular complexity index is 516. The fraction of sp³-hybridized carbons (Fsp3) is 0.100. The molecule has 0 bridgehead atoms. The molecule has 14 heavy (non-hydrogen) atoms. The minimum atomic E-state index is -1.24. The third kappa shape index (κ3) is 1.16. The molecular weight excluding hydrogens is 185 g/mol. The number of benzene rings is 1. The predicted octanol–water partition coefficient (Wildman–Crippen LogP) is 2.02. The van der Waals surface area contributed by atoms with Crippen LogP contribution in [0.2, 0.25) is 0 Å². The number of carboxylic acid groups (broad SMARTS) is 1. The van der Waals surface area contributed by atoms with Crippen LogP contribution >= 0.6 is 0 Å². The Hall–Kier alpha value is -1.84. The number of fused-ring (bicyclic) bond motifs is 1. The van der Waals surface area contributed by atoms with Gasteiger partial charge in [0.05, 0.1) is 11.1 Å². The van der Waals surface area contributed by atoms with Crippen LogP contribution in [0, 0.1) is 5.82 Å². The molecule has 0 aliphatic rings. The van der Waals surface area contributed by atoms with Crippen LogP contribution in [-0.4, -0.2) is 15.6 Å². The third-order valence-corrected chi connectivity index (χ3v) is 2.20. The van der Waals surface area contributed by atoms with E-state index in [1.54, 1.807) is 23.9 Å². The van der Waals surface area contributed by atoms with Crippen molar-refractivity contribution in [2.24, 2.45) is 7.05 Å². The largest absolute Gasteiger partial charge is 0.478 e. The fourth-order valence-corrected chi connectivity index (χ4v) is 1.45. The maximum atomic E-state index is 13.2. The molecule has 0 aliphatic carbocycles. The van der Waals surface area contributed by atoms with Gasteiger partial charge in [-0.2, -0.15) is 0 Å². The molecule has 0 atom stereocenters. The second kappa shape index (κ2) is 2.83. The molecule has 0 fully saturated rings. The van der Waals surface area contributed by atoms with E-state index in [4.69, 9.17) is 5.11 Å². The molecule has 2 aromatic rings. The van der Waals surface area contributed by atoms with Crippen molar-refractivity contribution in [3.8, 4) is 0 Å². The lowest BCUT2D eigenvalue weighted by molar-refractivity contribution is 0.0692. The van der Waals surface area contributed by atoms with Crippen LogP contribution in [-0.2, 0) is 7.05 Å². The van der Waals surface area contributed by atoms with Gasteiger partial charge in [-0.15, -0.1) is 0 Å². The van der Waals surface area contributed by atoms with Crippen LogP contribution in [0.5, 0.6) is 0 Å². The van der Waals surface area contributed by atoms with Crippen molar-refractivity contribution in [2.45, 2.75) is 0 Å². The SMILES string of the molecule is Cn1ccc2cc(C(=O)O)c(F)cc21. The Morgan fingerprint density at radius 2 is 2.21 bits per heavy atom. The van der Waals surface area contributed by atoms with Crippen LogP contribution in [0.4, 0.5) is 4.39 Å². The molecule has 1 aromatic heterocycles. The molecule has 0 amide bonds. The van der Waals surface area contributed by atoms with Gasteiger partial charge in [-0.05, 0) is 18.2 Å². The van der Waals surface area contributed by atoms with E-state index < -0.39 is 11.8 Å². The van der Waals surface area contributed by atoms with Crippen molar-refractivity contribution in [1.82, 2.24) is 4.57 Å². The maximum absolute atomic E-state index is 13.2. The van der Waals surface area contributed by atoms with E-state index in [1.807, 2.05) is 0 Å². The number of hydrogen-bond donors (Lipinski definition) is 1. The second-order valence-corrected chi connectivity index (χ2v) is 3.12. The number of carbonyl (C=O) groups is 1. The molecule has 1 N–H and O–H groups in total.